The Hall–Kier alpha value is -0.980. The van der Waals surface area contributed by atoms with E-state index in [1.807, 2.05) is 24.3 Å². The van der Waals surface area contributed by atoms with Crippen LogP contribution in [0.4, 0.5) is 11.4 Å². The van der Waals surface area contributed by atoms with Crippen LogP contribution in [0.2, 0.25) is 0 Å². The second-order valence-electron chi connectivity index (χ2n) is 7.23. The third-order valence-corrected chi connectivity index (χ3v) is 2.92. The van der Waals surface area contributed by atoms with Gasteiger partial charge >= 0.3 is 0 Å². The van der Waals surface area contributed by atoms with Gasteiger partial charge in [0.15, 0.2) is 0 Å². The highest BCUT2D eigenvalue weighted by molar-refractivity contribution is 7.40. The number of hydrogen-bond donors (Lipinski definition) is 2. The number of benzene rings is 1. The highest BCUT2D eigenvalue weighted by Gasteiger charge is 2.11. The minimum atomic E-state index is -0.0294. The summed E-state index contributed by atoms with van der Waals surface area (Å²) in [4.78, 5) is 9.24. The van der Waals surface area contributed by atoms with E-state index in [9.17, 15) is 0 Å². The van der Waals surface area contributed by atoms with Gasteiger partial charge in [0.1, 0.15) is 11.2 Å². The molecule has 4 nitrogen and oxygen atoms in total. The summed E-state index contributed by atoms with van der Waals surface area (Å²) in [5.74, 6) is 0. The summed E-state index contributed by atoms with van der Waals surface area (Å²) in [6.07, 6.45) is 0. The van der Waals surface area contributed by atoms with E-state index in [1.54, 1.807) is 0 Å². The molecule has 122 valence electrons. The second kappa shape index (κ2) is 7.53. The second-order valence-corrected chi connectivity index (χ2v) is 8.33. The van der Waals surface area contributed by atoms with Crippen molar-refractivity contribution in [2.75, 3.05) is 0 Å². The van der Waals surface area contributed by atoms with Crippen molar-refractivity contribution in [3.63, 3.8) is 0 Å². The molecule has 0 radical (unpaired) electrons. The lowest BCUT2D eigenvalue weighted by atomic mass is 10.1. The van der Waals surface area contributed by atoms with Crippen LogP contribution in [0.3, 0.4) is 0 Å². The van der Waals surface area contributed by atoms with Gasteiger partial charge < -0.3 is 10.6 Å². The maximum absolute atomic E-state index is 4.62. The zero-order valence-corrected chi connectivity index (χ0v) is 16.7. The normalized spacial score (nSPS) is 14.0. The lowest BCUT2D eigenvalue weighted by Gasteiger charge is -2.22. The number of para-hydroxylation sites is 2. The molecule has 2 unspecified atom stereocenters. The highest BCUT2D eigenvalue weighted by Crippen LogP contribution is 2.28. The van der Waals surface area contributed by atoms with Crippen molar-refractivity contribution in [3.8, 4) is 0 Å². The largest absolute Gasteiger partial charge is 0.366 e. The quantitative estimate of drug-likeness (QED) is 0.483. The van der Waals surface area contributed by atoms with Gasteiger partial charge in [0, 0.05) is 11.1 Å². The molecule has 2 N–H and O–H groups in total. The van der Waals surface area contributed by atoms with Gasteiger partial charge in [0.25, 0.3) is 0 Å². The molecule has 6 heteroatoms. The van der Waals surface area contributed by atoms with Crippen LogP contribution in [0, 0.1) is 0 Å². The smallest absolute Gasteiger partial charge is 0.119 e. The van der Waals surface area contributed by atoms with Crippen LogP contribution >= 0.6 is 18.5 Å². The first-order valence-corrected chi connectivity index (χ1v) is 8.45. The third-order valence-electron chi connectivity index (χ3n) is 2.37. The molecule has 0 aliphatic carbocycles. The van der Waals surface area contributed by atoms with Crippen LogP contribution in [0.25, 0.3) is 0 Å². The van der Waals surface area contributed by atoms with E-state index >= 15 is 0 Å². The Morgan fingerprint density at radius 2 is 1.09 bits per heavy atom. The van der Waals surface area contributed by atoms with Crippen molar-refractivity contribution in [2.24, 2.45) is 9.98 Å². The first-order chi connectivity index (χ1) is 9.96. The molecule has 0 aromatic heterocycles. The molecule has 0 amide bonds. The Bertz CT molecular complexity index is 515. The summed E-state index contributed by atoms with van der Waals surface area (Å²) in [5, 5.41) is 6.66. The van der Waals surface area contributed by atoms with Crippen molar-refractivity contribution in [1.82, 2.24) is 10.6 Å². The number of rotatable bonds is 2. The van der Waals surface area contributed by atoms with E-state index < -0.39 is 0 Å². The predicted molar refractivity (Wildman–Crippen MR) is 106 cm³/mol. The maximum atomic E-state index is 4.62. The molecule has 0 bridgehead atoms. The van der Waals surface area contributed by atoms with E-state index in [0.717, 1.165) is 22.5 Å². The Labute approximate surface area is 139 Å². The molecule has 0 spiro atoms. The molecular formula is C16H28N4P2. The predicted octanol–water partition coefficient (Wildman–Crippen LogP) is 4.19. The van der Waals surface area contributed by atoms with Crippen LogP contribution in [-0.4, -0.2) is 22.2 Å². The molecular weight excluding hydrogens is 310 g/mol. The Kier molecular flexibility index (Phi) is 6.52. The van der Waals surface area contributed by atoms with Gasteiger partial charge in [0.2, 0.25) is 0 Å². The fourth-order valence-electron chi connectivity index (χ4n) is 1.74. The lowest BCUT2D eigenvalue weighted by Crippen LogP contribution is -2.38. The van der Waals surface area contributed by atoms with E-state index in [-0.39, 0.29) is 11.1 Å². The summed E-state index contributed by atoms with van der Waals surface area (Å²) in [6, 6.07) is 7.85. The Morgan fingerprint density at radius 3 is 1.36 bits per heavy atom. The average molecular weight is 338 g/mol. The number of nitrogens with one attached hydrogen (secondary N) is 2. The topological polar surface area (TPSA) is 48.8 Å². The summed E-state index contributed by atoms with van der Waals surface area (Å²) in [5.41, 5.74) is 3.20. The van der Waals surface area contributed by atoms with Crippen LogP contribution in [0.15, 0.2) is 34.3 Å². The van der Waals surface area contributed by atoms with Crippen molar-refractivity contribution in [3.05, 3.63) is 24.3 Å². The highest BCUT2D eigenvalue weighted by atomic mass is 31.0. The number of aliphatic imine (C=N–C) groups is 2. The van der Waals surface area contributed by atoms with Gasteiger partial charge in [-0.25, -0.2) is 9.98 Å². The molecule has 0 aliphatic heterocycles. The average Bonchev–Trinajstić information content (AvgIpc) is 2.26. The number of amidine groups is 2. The van der Waals surface area contributed by atoms with Gasteiger partial charge in [0.05, 0.1) is 11.4 Å². The fraction of sp³-hybridized carbons (Fsp3) is 0.500. The van der Waals surface area contributed by atoms with Gasteiger partial charge in [-0.15, -0.1) is 0 Å². The Morgan fingerprint density at radius 1 is 0.773 bits per heavy atom. The number of hydrogen-bond acceptors (Lipinski definition) is 2. The minimum Gasteiger partial charge on any atom is -0.366 e. The lowest BCUT2D eigenvalue weighted by molar-refractivity contribution is 0.515. The molecule has 2 atom stereocenters. The molecule has 0 saturated carbocycles. The van der Waals surface area contributed by atoms with Crippen LogP contribution in [0.5, 0.6) is 0 Å². The molecule has 22 heavy (non-hydrogen) atoms. The molecule has 0 fully saturated rings. The standard InChI is InChI=1S/C16H28N4P2/c1-15(2,3)19-13(21)17-11-9-7-8-10-12(11)18-14(22)20-16(4,5)6/h7-10H,21-22H2,1-6H3,(H,17,19)(H,18,20). The monoisotopic (exact) mass is 338 g/mol. The molecule has 1 rings (SSSR count). The van der Waals surface area contributed by atoms with E-state index in [0.29, 0.717) is 0 Å². The zero-order valence-electron chi connectivity index (χ0n) is 14.4. The summed E-state index contributed by atoms with van der Waals surface area (Å²) < 4.78 is 0. The van der Waals surface area contributed by atoms with Crippen molar-refractivity contribution < 1.29 is 0 Å². The molecule has 1 aromatic rings. The molecule has 0 aliphatic rings. The minimum absolute atomic E-state index is 0.0294. The number of nitrogens with zero attached hydrogens (tertiary/aromatic N) is 2. The first-order valence-electron chi connectivity index (χ1n) is 7.30. The van der Waals surface area contributed by atoms with E-state index in [4.69, 9.17) is 0 Å². The van der Waals surface area contributed by atoms with Crippen LogP contribution < -0.4 is 10.6 Å². The van der Waals surface area contributed by atoms with E-state index in [2.05, 4.69) is 80.6 Å². The van der Waals surface area contributed by atoms with Crippen LogP contribution in [0.1, 0.15) is 41.5 Å². The molecule has 1 aromatic carbocycles. The summed E-state index contributed by atoms with van der Waals surface area (Å²) in [6.45, 7) is 12.6. The zero-order chi connectivity index (χ0) is 17.0. The van der Waals surface area contributed by atoms with Gasteiger partial charge in [-0.1, -0.05) is 30.6 Å². The van der Waals surface area contributed by atoms with Crippen molar-refractivity contribution in [1.29, 1.82) is 0 Å². The molecule has 0 saturated heterocycles. The van der Waals surface area contributed by atoms with Crippen LogP contribution in [-0.2, 0) is 0 Å². The van der Waals surface area contributed by atoms with Crippen molar-refractivity contribution in [2.45, 2.75) is 52.6 Å². The van der Waals surface area contributed by atoms with Gasteiger partial charge in [-0.3, -0.25) is 0 Å². The third kappa shape index (κ3) is 7.87. The Balaban J connectivity index is 3.05. The SMILES string of the molecule is CC(C)(C)N/C(P)=N/c1ccccc1/N=C(\P)NC(C)(C)C. The summed E-state index contributed by atoms with van der Waals surface area (Å²) in [7, 11) is 5.28. The van der Waals surface area contributed by atoms with Crippen molar-refractivity contribution >= 4 is 41.0 Å². The van der Waals surface area contributed by atoms with Gasteiger partial charge in [-0.2, -0.15) is 0 Å². The maximum Gasteiger partial charge on any atom is 0.119 e. The van der Waals surface area contributed by atoms with Gasteiger partial charge in [-0.05, 0) is 53.7 Å². The van der Waals surface area contributed by atoms with E-state index in [1.165, 1.54) is 0 Å². The summed E-state index contributed by atoms with van der Waals surface area (Å²) >= 11 is 0. The first kappa shape index (κ1) is 19.1. The molecule has 0 heterocycles. The fourth-order valence-corrected chi connectivity index (χ4v) is 2.88.